The average Bonchev–Trinajstić information content (AvgIpc) is 3.09. The summed E-state index contributed by atoms with van der Waals surface area (Å²) in [6.07, 6.45) is 4.88. The van der Waals surface area contributed by atoms with E-state index in [0.29, 0.717) is 17.8 Å². The van der Waals surface area contributed by atoms with E-state index in [1.54, 1.807) is 26.0 Å². The highest BCUT2D eigenvalue weighted by molar-refractivity contribution is 5.87. The molecule has 2 saturated heterocycles. The van der Waals surface area contributed by atoms with Crippen LogP contribution in [-0.4, -0.2) is 59.9 Å². The molecule has 1 spiro atoms. The molecule has 8 nitrogen and oxygen atoms in total. The molecule has 2 amide bonds. The van der Waals surface area contributed by atoms with Crippen LogP contribution in [0.4, 0.5) is 16.2 Å². The maximum atomic E-state index is 13.6. The molecule has 2 heterocycles. The van der Waals surface area contributed by atoms with Gasteiger partial charge in [0.1, 0.15) is 6.07 Å². The third kappa shape index (κ3) is 4.93. The fraction of sp³-hybridized carbons (Fsp3) is 0.640. The molecule has 3 fully saturated rings. The fourth-order valence-electron chi connectivity index (χ4n) is 5.62. The minimum atomic E-state index is -0.551. The number of benzene rings is 1. The van der Waals surface area contributed by atoms with E-state index < -0.39 is 11.5 Å². The molecule has 0 aromatic heterocycles. The third-order valence-corrected chi connectivity index (χ3v) is 7.28. The van der Waals surface area contributed by atoms with Gasteiger partial charge in [-0.2, -0.15) is 5.26 Å². The Bertz CT molecular complexity index is 935. The monoisotopic (exact) mass is 454 g/mol. The van der Waals surface area contributed by atoms with Gasteiger partial charge >= 0.3 is 6.09 Å². The van der Waals surface area contributed by atoms with Crippen LogP contribution in [0.15, 0.2) is 18.2 Å². The van der Waals surface area contributed by atoms with Crippen LogP contribution in [0.25, 0.3) is 0 Å². The van der Waals surface area contributed by atoms with Gasteiger partial charge in [0.2, 0.25) is 5.91 Å². The number of nitrogens with one attached hydrogen (secondary N) is 1. The molecule has 3 aliphatic rings. The number of likely N-dealkylation sites (tertiary alicyclic amines) is 1. The Labute approximate surface area is 195 Å². The summed E-state index contributed by atoms with van der Waals surface area (Å²) < 4.78 is 5.12. The van der Waals surface area contributed by atoms with E-state index in [0.717, 1.165) is 63.7 Å². The predicted octanol–water partition coefficient (Wildman–Crippen LogP) is 3.64. The first kappa shape index (κ1) is 23.4. The van der Waals surface area contributed by atoms with Gasteiger partial charge in [0.25, 0.3) is 0 Å². The number of nitriles is 1. The standard InChI is InChI=1S/C25H34N4O4/c1-17(2)33-24(32)27-19-4-9-22(18(14-19)15-26)28-12-3-10-25(16-28)11-13-29(23(25)31)20-5-7-21(30)8-6-20/h4,9,14,17,20-21,30H,3,5-8,10-13,16H2,1-2H3,(H,27,32)/t20-,21-,25-/m1/s1. The minimum absolute atomic E-state index is 0.229. The Morgan fingerprint density at radius 3 is 2.70 bits per heavy atom. The SMILES string of the molecule is CC(C)OC(=O)Nc1ccc(N2CCC[C@@]3(CCN([C@H]4CC[C@H](O)CC4)C3=O)C2)c(C#N)c1. The zero-order valence-electron chi connectivity index (χ0n) is 19.5. The van der Waals surface area contributed by atoms with E-state index in [9.17, 15) is 20.0 Å². The molecule has 1 atom stereocenters. The number of amides is 2. The van der Waals surface area contributed by atoms with Gasteiger partial charge in [-0.3, -0.25) is 10.1 Å². The largest absolute Gasteiger partial charge is 0.447 e. The number of nitrogens with zero attached hydrogens (tertiary/aromatic N) is 3. The molecular formula is C25H34N4O4. The van der Waals surface area contributed by atoms with Gasteiger partial charge in [-0.05, 0) is 77.0 Å². The zero-order valence-corrected chi connectivity index (χ0v) is 19.5. The van der Waals surface area contributed by atoms with Gasteiger partial charge in [-0.25, -0.2) is 4.79 Å². The smallest absolute Gasteiger partial charge is 0.411 e. The zero-order chi connectivity index (χ0) is 23.6. The van der Waals surface area contributed by atoms with Crippen LogP contribution in [0.3, 0.4) is 0 Å². The number of hydrogen-bond donors (Lipinski definition) is 2. The molecule has 1 aliphatic carbocycles. The summed E-state index contributed by atoms with van der Waals surface area (Å²) in [7, 11) is 0. The van der Waals surface area contributed by atoms with E-state index in [1.165, 1.54) is 0 Å². The molecule has 0 radical (unpaired) electrons. The van der Waals surface area contributed by atoms with Crippen molar-refractivity contribution in [2.24, 2.45) is 5.41 Å². The lowest BCUT2D eigenvalue weighted by Crippen LogP contribution is -2.50. The van der Waals surface area contributed by atoms with E-state index in [-0.39, 0.29) is 24.2 Å². The highest BCUT2D eigenvalue weighted by atomic mass is 16.6. The van der Waals surface area contributed by atoms with Gasteiger partial charge in [-0.15, -0.1) is 0 Å². The van der Waals surface area contributed by atoms with Crippen LogP contribution in [0.1, 0.15) is 64.4 Å². The molecule has 2 N–H and O–H groups in total. The summed E-state index contributed by atoms with van der Waals surface area (Å²) in [6, 6.07) is 7.77. The number of aliphatic hydroxyl groups excluding tert-OH is 1. The Morgan fingerprint density at radius 2 is 2.00 bits per heavy atom. The van der Waals surface area contributed by atoms with Gasteiger partial charge in [0.15, 0.2) is 0 Å². The molecule has 2 aliphatic heterocycles. The van der Waals surface area contributed by atoms with Crippen LogP contribution < -0.4 is 10.2 Å². The first-order chi connectivity index (χ1) is 15.8. The van der Waals surface area contributed by atoms with E-state index >= 15 is 0 Å². The number of carbonyl (C=O) groups is 2. The van der Waals surface area contributed by atoms with Crippen molar-refractivity contribution < 1.29 is 19.4 Å². The van der Waals surface area contributed by atoms with E-state index in [1.807, 2.05) is 6.07 Å². The number of aliphatic hydroxyl groups is 1. The predicted molar refractivity (Wildman–Crippen MR) is 125 cm³/mol. The Hall–Kier alpha value is -2.79. The van der Waals surface area contributed by atoms with Crippen molar-refractivity contribution in [2.75, 3.05) is 29.9 Å². The number of rotatable bonds is 4. The van der Waals surface area contributed by atoms with Crippen molar-refractivity contribution in [1.82, 2.24) is 4.90 Å². The molecule has 33 heavy (non-hydrogen) atoms. The maximum Gasteiger partial charge on any atom is 0.411 e. The quantitative estimate of drug-likeness (QED) is 0.720. The van der Waals surface area contributed by atoms with Gasteiger partial charge < -0.3 is 19.6 Å². The lowest BCUT2D eigenvalue weighted by molar-refractivity contribution is -0.139. The van der Waals surface area contributed by atoms with Crippen LogP contribution in [0.2, 0.25) is 0 Å². The summed E-state index contributed by atoms with van der Waals surface area (Å²) in [5.74, 6) is 0.238. The highest BCUT2D eigenvalue weighted by Crippen LogP contribution is 2.44. The second-order valence-electron chi connectivity index (χ2n) is 9.94. The molecule has 1 saturated carbocycles. The highest BCUT2D eigenvalue weighted by Gasteiger charge is 2.50. The first-order valence-corrected chi connectivity index (χ1v) is 12.1. The minimum Gasteiger partial charge on any atom is -0.447 e. The summed E-state index contributed by atoms with van der Waals surface area (Å²) in [5, 5.41) is 22.3. The van der Waals surface area contributed by atoms with E-state index in [2.05, 4.69) is 21.2 Å². The molecule has 0 bridgehead atoms. The molecule has 0 unspecified atom stereocenters. The number of carbonyl (C=O) groups excluding carboxylic acids is 2. The third-order valence-electron chi connectivity index (χ3n) is 7.28. The second kappa shape index (κ2) is 9.60. The number of anilines is 2. The van der Waals surface area contributed by atoms with Crippen molar-refractivity contribution in [1.29, 1.82) is 5.26 Å². The van der Waals surface area contributed by atoms with Crippen molar-refractivity contribution in [3.63, 3.8) is 0 Å². The molecule has 8 heteroatoms. The van der Waals surface area contributed by atoms with Crippen LogP contribution in [0, 0.1) is 16.7 Å². The van der Waals surface area contributed by atoms with Gasteiger partial charge in [-0.1, -0.05) is 0 Å². The van der Waals surface area contributed by atoms with Gasteiger partial charge in [0.05, 0.1) is 28.9 Å². The molecule has 1 aromatic carbocycles. The Balaban J connectivity index is 1.47. The van der Waals surface area contributed by atoms with E-state index in [4.69, 9.17) is 4.74 Å². The Morgan fingerprint density at radius 1 is 1.24 bits per heavy atom. The van der Waals surface area contributed by atoms with Crippen LogP contribution in [-0.2, 0) is 9.53 Å². The summed E-state index contributed by atoms with van der Waals surface area (Å²) >= 11 is 0. The number of hydrogen-bond acceptors (Lipinski definition) is 6. The summed E-state index contributed by atoms with van der Waals surface area (Å²) in [6.45, 7) is 5.73. The van der Waals surface area contributed by atoms with Crippen molar-refractivity contribution in [3.05, 3.63) is 23.8 Å². The number of piperidine rings is 1. The Kier molecular flexibility index (Phi) is 6.80. The average molecular weight is 455 g/mol. The number of ether oxygens (including phenoxy) is 1. The van der Waals surface area contributed by atoms with Crippen molar-refractivity contribution in [3.8, 4) is 6.07 Å². The van der Waals surface area contributed by atoms with Crippen LogP contribution in [0.5, 0.6) is 0 Å². The van der Waals surface area contributed by atoms with Crippen LogP contribution >= 0.6 is 0 Å². The first-order valence-electron chi connectivity index (χ1n) is 12.1. The lowest BCUT2D eigenvalue weighted by Gasteiger charge is -2.41. The molecule has 4 rings (SSSR count). The maximum absolute atomic E-state index is 13.6. The summed E-state index contributed by atoms with van der Waals surface area (Å²) in [5.41, 5.74) is 1.37. The molecular weight excluding hydrogens is 420 g/mol. The topological polar surface area (TPSA) is 106 Å². The van der Waals surface area contributed by atoms with Gasteiger partial charge in [0, 0.05) is 31.4 Å². The van der Waals surface area contributed by atoms with Crippen molar-refractivity contribution in [2.45, 2.75) is 77.0 Å². The lowest BCUT2D eigenvalue weighted by atomic mass is 9.78. The summed E-state index contributed by atoms with van der Waals surface area (Å²) in [4.78, 5) is 29.7. The fourth-order valence-corrected chi connectivity index (χ4v) is 5.62. The second-order valence-corrected chi connectivity index (χ2v) is 9.94. The molecule has 178 valence electrons. The normalized spacial score (nSPS) is 27.7. The molecule has 1 aromatic rings. The van der Waals surface area contributed by atoms with Crippen molar-refractivity contribution >= 4 is 23.4 Å².